The van der Waals surface area contributed by atoms with E-state index in [-0.39, 0.29) is 0 Å². The van der Waals surface area contributed by atoms with E-state index in [1.165, 1.54) is 11.8 Å². The van der Waals surface area contributed by atoms with Crippen LogP contribution in [0, 0.1) is 0 Å². The molecule has 1 heterocycles. The van der Waals surface area contributed by atoms with E-state index in [2.05, 4.69) is 20.2 Å². The van der Waals surface area contributed by atoms with Gasteiger partial charge in [-0.25, -0.2) is 9.97 Å². The fourth-order valence-corrected chi connectivity index (χ4v) is 1.79. The van der Waals surface area contributed by atoms with Gasteiger partial charge in [0.2, 0.25) is 0 Å². The van der Waals surface area contributed by atoms with Crippen LogP contribution in [0.2, 0.25) is 5.15 Å². The van der Waals surface area contributed by atoms with Gasteiger partial charge in [0.05, 0.1) is 13.2 Å². The summed E-state index contributed by atoms with van der Waals surface area (Å²) in [6.07, 6.45) is 1.92. The van der Waals surface area contributed by atoms with E-state index in [0.717, 1.165) is 19.0 Å². The highest BCUT2D eigenvalue weighted by Gasteiger charge is 2.01. The van der Waals surface area contributed by atoms with Crippen LogP contribution in [-0.2, 0) is 4.74 Å². The Morgan fingerprint density at radius 1 is 1.39 bits per heavy atom. The second-order valence-corrected chi connectivity index (χ2v) is 5.07. The molecule has 5 nitrogen and oxygen atoms in total. The van der Waals surface area contributed by atoms with E-state index < -0.39 is 0 Å². The third kappa shape index (κ3) is 6.39. The van der Waals surface area contributed by atoms with Gasteiger partial charge in [-0.05, 0) is 20.4 Å². The first-order valence-corrected chi connectivity index (χ1v) is 7.27. The number of nitrogens with zero attached hydrogens (tertiary/aromatic N) is 3. The Bertz CT molecular complexity index is 365. The molecule has 0 aliphatic heterocycles. The molecule has 1 rings (SSSR count). The summed E-state index contributed by atoms with van der Waals surface area (Å²) >= 11 is 7.35. The normalized spacial score (nSPS) is 10.9. The van der Waals surface area contributed by atoms with Crippen molar-refractivity contribution in [1.29, 1.82) is 0 Å². The first kappa shape index (κ1) is 15.5. The molecule has 0 saturated carbocycles. The average Bonchev–Trinajstić information content (AvgIpc) is 2.32. The van der Waals surface area contributed by atoms with Gasteiger partial charge >= 0.3 is 0 Å². The zero-order valence-electron chi connectivity index (χ0n) is 10.9. The zero-order valence-corrected chi connectivity index (χ0v) is 12.5. The molecule has 0 bridgehead atoms. The first-order chi connectivity index (χ1) is 8.61. The molecule has 102 valence electrons. The molecule has 0 spiro atoms. The van der Waals surface area contributed by atoms with E-state index in [9.17, 15) is 0 Å². The molecular formula is C11H19ClN4OS. The van der Waals surface area contributed by atoms with Crippen LogP contribution in [0.4, 0.5) is 5.82 Å². The molecule has 18 heavy (non-hydrogen) atoms. The maximum atomic E-state index is 5.88. The van der Waals surface area contributed by atoms with Crippen molar-refractivity contribution in [1.82, 2.24) is 14.9 Å². The van der Waals surface area contributed by atoms with Gasteiger partial charge in [0, 0.05) is 19.2 Å². The van der Waals surface area contributed by atoms with Gasteiger partial charge in [-0.15, -0.1) is 0 Å². The first-order valence-electron chi connectivity index (χ1n) is 5.66. The molecule has 0 aliphatic rings. The summed E-state index contributed by atoms with van der Waals surface area (Å²) < 4.78 is 5.47. The van der Waals surface area contributed by atoms with Gasteiger partial charge in [0.25, 0.3) is 0 Å². The summed E-state index contributed by atoms with van der Waals surface area (Å²) in [4.78, 5) is 10.4. The van der Waals surface area contributed by atoms with Crippen molar-refractivity contribution in [3.05, 3.63) is 11.2 Å². The summed E-state index contributed by atoms with van der Waals surface area (Å²) in [7, 11) is 4.04. The summed E-state index contributed by atoms with van der Waals surface area (Å²) in [5.74, 6) is 0.732. The van der Waals surface area contributed by atoms with Gasteiger partial charge < -0.3 is 15.0 Å². The van der Waals surface area contributed by atoms with Gasteiger partial charge in [-0.2, -0.15) is 0 Å². The van der Waals surface area contributed by atoms with Gasteiger partial charge in [0.1, 0.15) is 11.0 Å². The predicted molar refractivity (Wildman–Crippen MR) is 76.7 cm³/mol. The fourth-order valence-electron chi connectivity index (χ4n) is 1.18. The fraction of sp³-hybridized carbons (Fsp3) is 0.636. The quantitative estimate of drug-likeness (QED) is 0.341. The van der Waals surface area contributed by atoms with Crippen LogP contribution in [0.15, 0.2) is 11.2 Å². The Morgan fingerprint density at radius 3 is 2.83 bits per heavy atom. The molecule has 0 aromatic carbocycles. The number of rotatable bonds is 8. The molecule has 1 N–H and O–H groups in total. The molecule has 0 atom stereocenters. The minimum absolute atomic E-state index is 0.449. The Hall–Kier alpha value is -0.560. The maximum absolute atomic E-state index is 5.88. The smallest absolute Gasteiger partial charge is 0.190 e. The SMILES string of the molecule is CSc1nc(Cl)cc(NCCOCCN(C)C)n1. The third-order valence-electron chi connectivity index (χ3n) is 2.09. The van der Waals surface area contributed by atoms with Crippen molar-refractivity contribution in [3.8, 4) is 0 Å². The van der Waals surface area contributed by atoms with Crippen LogP contribution in [0.5, 0.6) is 0 Å². The number of hydrogen-bond donors (Lipinski definition) is 1. The van der Waals surface area contributed by atoms with E-state index in [1.807, 2.05) is 20.4 Å². The Kier molecular flexibility index (Phi) is 7.34. The predicted octanol–water partition coefficient (Wildman–Crippen LogP) is 1.84. The van der Waals surface area contributed by atoms with Crippen molar-refractivity contribution in [2.24, 2.45) is 0 Å². The van der Waals surface area contributed by atoms with E-state index in [4.69, 9.17) is 16.3 Å². The second-order valence-electron chi connectivity index (χ2n) is 3.91. The lowest BCUT2D eigenvalue weighted by Crippen LogP contribution is -2.20. The highest BCUT2D eigenvalue weighted by molar-refractivity contribution is 7.98. The van der Waals surface area contributed by atoms with Gasteiger partial charge in [0.15, 0.2) is 5.16 Å². The molecule has 7 heteroatoms. The Labute approximate surface area is 117 Å². The minimum Gasteiger partial charge on any atom is -0.378 e. The highest BCUT2D eigenvalue weighted by Crippen LogP contribution is 2.16. The maximum Gasteiger partial charge on any atom is 0.190 e. The number of thioether (sulfide) groups is 1. The van der Waals surface area contributed by atoms with E-state index in [0.29, 0.717) is 23.5 Å². The number of ether oxygens (including phenoxy) is 1. The Morgan fingerprint density at radius 2 is 2.17 bits per heavy atom. The summed E-state index contributed by atoms with van der Waals surface area (Å²) in [5, 5.41) is 4.28. The lowest BCUT2D eigenvalue weighted by atomic mass is 10.5. The molecule has 0 fully saturated rings. The number of aromatic nitrogens is 2. The number of halogens is 1. The average molecular weight is 291 g/mol. The third-order valence-corrected chi connectivity index (χ3v) is 2.83. The summed E-state index contributed by atoms with van der Waals surface area (Å²) in [5.41, 5.74) is 0. The largest absolute Gasteiger partial charge is 0.378 e. The van der Waals surface area contributed by atoms with Crippen LogP contribution < -0.4 is 5.32 Å². The van der Waals surface area contributed by atoms with E-state index in [1.54, 1.807) is 6.07 Å². The van der Waals surface area contributed by atoms with Crippen LogP contribution in [0.25, 0.3) is 0 Å². The zero-order chi connectivity index (χ0) is 13.4. The number of hydrogen-bond acceptors (Lipinski definition) is 6. The minimum atomic E-state index is 0.449. The van der Waals surface area contributed by atoms with Crippen molar-refractivity contribution in [2.75, 3.05) is 52.0 Å². The Balaban J connectivity index is 2.24. The number of likely N-dealkylation sites (N-methyl/N-ethyl adjacent to an activating group) is 1. The molecule has 0 aliphatic carbocycles. The van der Waals surface area contributed by atoms with Crippen molar-refractivity contribution < 1.29 is 4.74 Å². The standard InChI is InChI=1S/C11H19ClN4OS/c1-16(2)5-7-17-6-4-13-10-8-9(12)14-11(15-10)18-3/h8H,4-7H2,1-3H3,(H,13,14,15). The van der Waals surface area contributed by atoms with Gasteiger partial charge in [-0.1, -0.05) is 23.4 Å². The van der Waals surface area contributed by atoms with Crippen LogP contribution >= 0.6 is 23.4 Å². The molecule has 1 aromatic heterocycles. The summed E-state index contributed by atoms with van der Waals surface area (Å²) in [6.45, 7) is 3.00. The van der Waals surface area contributed by atoms with Gasteiger partial charge in [-0.3, -0.25) is 0 Å². The molecule has 0 amide bonds. The summed E-state index contributed by atoms with van der Waals surface area (Å²) in [6, 6.07) is 1.71. The number of nitrogens with one attached hydrogen (secondary N) is 1. The second kappa shape index (κ2) is 8.53. The molecule has 0 radical (unpaired) electrons. The van der Waals surface area contributed by atoms with Crippen LogP contribution in [0.1, 0.15) is 0 Å². The van der Waals surface area contributed by atoms with Crippen molar-refractivity contribution >= 4 is 29.2 Å². The van der Waals surface area contributed by atoms with Crippen LogP contribution in [-0.4, -0.2) is 61.5 Å². The lowest BCUT2D eigenvalue weighted by Gasteiger charge is -2.10. The van der Waals surface area contributed by atoms with Crippen molar-refractivity contribution in [2.45, 2.75) is 5.16 Å². The molecular weight excluding hydrogens is 272 g/mol. The topological polar surface area (TPSA) is 50.3 Å². The molecule has 0 saturated heterocycles. The monoisotopic (exact) mass is 290 g/mol. The van der Waals surface area contributed by atoms with Crippen molar-refractivity contribution in [3.63, 3.8) is 0 Å². The molecule has 0 unspecified atom stereocenters. The lowest BCUT2D eigenvalue weighted by molar-refractivity contribution is 0.126. The molecule has 1 aromatic rings. The van der Waals surface area contributed by atoms with E-state index >= 15 is 0 Å². The highest BCUT2D eigenvalue weighted by atomic mass is 35.5. The number of anilines is 1. The van der Waals surface area contributed by atoms with Crippen LogP contribution in [0.3, 0.4) is 0 Å².